The average Bonchev–Trinajstić information content (AvgIpc) is 2.44. The number of benzene rings is 2. The quantitative estimate of drug-likeness (QED) is 0.807. The molecule has 0 atom stereocenters. The number of aryl methyl sites for hydroxylation is 1. The summed E-state index contributed by atoms with van der Waals surface area (Å²) in [5.41, 5.74) is 1.70. The van der Waals surface area contributed by atoms with Crippen molar-refractivity contribution in [1.82, 2.24) is 0 Å². The molecule has 0 saturated carbocycles. The van der Waals surface area contributed by atoms with Gasteiger partial charge in [0.25, 0.3) is 10.0 Å². The lowest BCUT2D eigenvalue weighted by atomic mass is 10.1. The molecule has 0 bridgehead atoms. The highest BCUT2D eigenvalue weighted by Gasteiger charge is 2.16. The summed E-state index contributed by atoms with van der Waals surface area (Å²) >= 11 is 2.06. The van der Waals surface area contributed by atoms with Gasteiger partial charge in [-0.1, -0.05) is 18.2 Å². The molecule has 0 aliphatic carbocycles. The van der Waals surface area contributed by atoms with Gasteiger partial charge in [-0.05, 0) is 59.3 Å². The van der Waals surface area contributed by atoms with E-state index in [2.05, 4.69) is 27.3 Å². The molecule has 2 rings (SSSR count). The van der Waals surface area contributed by atoms with E-state index in [-0.39, 0.29) is 4.90 Å². The van der Waals surface area contributed by atoms with Crippen molar-refractivity contribution >= 4 is 38.3 Å². The molecule has 6 heteroatoms. The van der Waals surface area contributed by atoms with Crippen LogP contribution in [-0.2, 0) is 10.0 Å². The fraction of sp³-hybridized carbons (Fsp3) is 0.0714. The van der Waals surface area contributed by atoms with Crippen LogP contribution in [0.25, 0.3) is 0 Å². The fourth-order valence-corrected chi connectivity index (χ4v) is 3.42. The first-order valence-electron chi connectivity index (χ1n) is 5.72. The summed E-state index contributed by atoms with van der Waals surface area (Å²) in [5.74, 6) is 0. The van der Waals surface area contributed by atoms with E-state index in [9.17, 15) is 8.42 Å². The van der Waals surface area contributed by atoms with Crippen LogP contribution in [0.2, 0.25) is 0 Å². The zero-order valence-corrected chi connectivity index (χ0v) is 13.6. The van der Waals surface area contributed by atoms with Gasteiger partial charge in [0, 0.05) is 3.57 Å². The van der Waals surface area contributed by atoms with Gasteiger partial charge < -0.3 is 0 Å². The van der Waals surface area contributed by atoms with Crippen LogP contribution in [0.5, 0.6) is 0 Å². The third-order valence-electron chi connectivity index (χ3n) is 2.68. The summed E-state index contributed by atoms with van der Waals surface area (Å²) in [6.07, 6.45) is 0. The maximum absolute atomic E-state index is 12.3. The number of hydrogen-bond donors (Lipinski definition) is 1. The number of halogens is 1. The first-order valence-corrected chi connectivity index (χ1v) is 8.28. The number of sulfonamides is 1. The lowest BCUT2D eigenvalue weighted by molar-refractivity contribution is 0.601. The molecule has 2 aromatic carbocycles. The predicted molar refractivity (Wildman–Crippen MR) is 85.9 cm³/mol. The smallest absolute Gasteiger partial charge is 0.261 e. The standard InChI is InChI=1S/C14H11IN2O2S/c1-10-7-11(9-16)8-13(14(10)15)17-20(18,19)12-5-3-2-4-6-12/h2-8,17H,1H3. The largest absolute Gasteiger partial charge is 0.278 e. The zero-order chi connectivity index (χ0) is 14.8. The summed E-state index contributed by atoms with van der Waals surface area (Å²) in [5, 5.41) is 8.96. The van der Waals surface area contributed by atoms with Crippen molar-refractivity contribution in [3.63, 3.8) is 0 Å². The van der Waals surface area contributed by atoms with Crippen molar-refractivity contribution < 1.29 is 8.42 Å². The van der Waals surface area contributed by atoms with E-state index in [4.69, 9.17) is 5.26 Å². The second-order valence-corrected chi connectivity index (χ2v) is 6.95. The van der Waals surface area contributed by atoms with Gasteiger partial charge in [-0.3, -0.25) is 4.72 Å². The van der Waals surface area contributed by atoms with Crippen LogP contribution in [0.3, 0.4) is 0 Å². The van der Waals surface area contributed by atoms with Crippen molar-refractivity contribution in [3.05, 3.63) is 57.2 Å². The first-order chi connectivity index (χ1) is 9.44. The second-order valence-electron chi connectivity index (χ2n) is 4.19. The van der Waals surface area contributed by atoms with Crippen molar-refractivity contribution in [1.29, 1.82) is 5.26 Å². The summed E-state index contributed by atoms with van der Waals surface area (Å²) < 4.78 is 27.8. The average molecular weight is 398 g/mol. The highest BCUT2D eigenvalue weighted by Crippen LogP contribution is 2.26. The van der Waals surface area contributed by atoms with Gasteiger partial charge in [0.05, 0.1) is 22.2 Å². The van der Waals surface area contributed by atoms with Crippen LogP contribution < -0.4 is 4.72 Å². The Morgan fingerprint density at radius 2 is 1.85 bits per heavy atom. The molecule has 0 radical (unpaired) electrons. The van der Waals surface area contributed by atoms with Crippen LogP contribution in [0.15, 0.2) is 47.4 Å². The van der Waals surface area contributed by atoms with E-state index in [1.807, 2.05) is 13.0 Å². The zero-order valence-electron chi connectivity index (χ0n) is 10.6. The Kier molecular flexibility index (Phi) is 4.30. The fourth-order valence-electron chi connectivity index (χ4n) is 1.71. The highest BCUT2D eigenvalue weighted by molar-refractivity contribution is 14.1. The van der Waals surface area contributed by atoms with Crippen LogP contribution in [-0.4, -0.2) is 8.42 Å². The van der Waals surface area contributed by atoms with Crippen LogP contribution in [0, 0.1) is 21.8 Å². The Morgan fingerprint density at radius 1 is 1.20 bits per heavy atom. The lowest BCUT2D eigenvalue weighted by Gasteiger charge is -2.11. The summed E-state index contributed by atoms with van der Waals surface area (Å²) in [6.45, 7) is 1.84. The van der Waals surface area contributed by atoms with Gasteiger partial charge >= 0.3 is 0 Å². The molecule has 0 aromatic heterocycles. The monoisotopic (exact) mass is 398 g/mol. The molecular weight excluding hydrogens is 387 g/mol. The minimum absolute atomic E-state index is 0.191. The Morgan fingerprint density at radius 3 is 2.45 bits per heavy atom. The van der Waals surface area contributed by atoms with Gasteiger partial charge in [-0.25, -0.2) is 8.42 Å². The molecule has 0 fully saturated rings. The molecule has 20 heavy (non-hydrogen) atoms. The highest BCUT2D eigenvalue weighted by atomic mass is 127. The Labute approximate surface area is 131 Å². The molecule has 0 amide bonds. The maximum Gasteiger partial charge on any atom is 0.261 e. The molecule has 2 aromatic rings. The van der Waals surface area contributed by atoms with Gasteiger partial charge in [0.15, 0.2) is 0 Å². The van der Waals surface area contributed by atoms with Crippen molar-refractivity contribution in [2.75, 3.05) is 4.72 Å². The van der Waals surface area contributed by atoms with Crippen molar-refractivity contribution in [2.45, 2.75) is 11.8 Å². The Balaban J connectivity index is 2.45. The van der Waals surface area contributed by atoms with Crippen LogP contribution >= 0.6 is 22.6 Å². The van der Waals surface area contributed by atoms with E-state index in [0.717, 1.165) is 9.13 Å². The maximum atomic E-state index is 12.3. The van der Waals surface area contributed by atoms with E-state index < -0.39 is 10.0 Å². The van der Waals surface area contributed by atoms with E-state index in [0.29, 0.717) is 11.3 Å². The molecule has 0 heterocycles. The SMILES string of the molecule is Cc1cc(C#N)cc(NS(=O)(=O)c2ccccc2)c1I. The molecule has 0 spiro atoms. The Hall–Kier alpha value is -1.59. The first kappa shape index (κ1) is 14.8. The van der Waals surface area contributed by atoms with Crippen molar-refractivity contribution in [2.24, 2.45) is 0 Å². The van der Waals surface area contributed by atoms with Gasteiger partial charge in [-0.15, -0.1) is 0 Å². The number of hydrogen-bond acceptors (Lipinski definition) is 3. The second kappa shape index (κ2) is 5.81. The third kappa shape index (κ3) is 3.11. The molecule has 0 aliphatic rings. The molecule has 1 N–H and O–H groups in total. The van der Waals surface area contributed by atoms with Crippen LogP contribution in [0.1, 0.15) is 11.1 Å². The number of nitrogens with one attached hydrogen (secondary N) is 1. The number of rotatable bonds is 3. The minimum Gasteiger partial charge on any atom is -0.278 e. The molecule has 0 unspecified atom stereocenters. The van der Waals surface area contributed by atoms with Gasteiger partial charge in [0.1, 0.15) is 0 Å². The van der Waals surface area contributed by atoms with Crippen molar-refractivity contribution in [3.8, 4) is 6.07 Å². The van der Waals surface area contributed by atoms with E-state index in [1.165, 1.54) is 18.2 Å². The molecule has 0 saturated heterocycles. The summed E-state index contributed by atoms with van der Waals surface area (Å²) in [4.78, 5) is 0.191. The topological polar surface area (TPSA) is 70.0 Å². The van der Waals surface area contributed by atoms with E-state index >= 15 is 0 Å². The third-order valence-corrected chi connectivity index (χ3v) is 5.49. The minimum atomic E-state index is -3.64. The number of nitrogens with zero attached hydrogens (tertiary/aromatic N) is 1. The predicted octanol–water partition coefficient (Wildman–Crippen LogP) is 3.27. The summed E-state index contributed by atoms with van der Waals surface area (Å²) in [7, 11) is -3.64. The normalized spacial score (nSPS) is 10.8. The van der Waals surface area contributed by atoms with Gasteiger partial charge in [0.2, 0.25) is 0 Å². The molecule has 4 nitrogen and oxygen atoms in total. The molecule has 0 aliphatic heterocycles. The summed E-state index contributed by atoms with van der Waals surface area (Å²) in [6, 6.07) is 13.4. The molecular formula is C14H11IN2O2S. The van der Waals surface area contributed by atoms with Crippen LogP contribution in [0.4, 0.5) is 5.69 Å². The number of nitriles is 1. The van der Waals surface area contributed by atoms with E-state index in [1.54, 1.807) is 24.3 Å². The number of anilines is 1. The lowest BCUT2D eigenvalue weighted by Crippen LogP contribution is -2.14. The Bertz CT molecular complexity index is 781. The van der Waals surface area contributed by atoms with Gasteiger partial charge in [-0.2, -0.15) is 5.26 Å². The molecule has 102 valence electrons.